The largest absolute Gasteiger partial charge is 0.478 e. The van der Waals surface area contributed by atoms with Crippen LogP contribution in [-0.2, 0) is 6.54 Å². The van der Waals surface area contributed by atoms with E-state index in [1.807, 2.05) is 0 Å². The van der Waals surface area contributed by atoms with Crippen molar-refractivity contribution >= 4 is 5.97 Å². The number of nitrogens with zero attached hydrogens (tertiary/aromatic N) is 1. The summed E-state index contributed by atoms with van der Waals surface area (Å²) in [7, 11) is 0. The molecule has 1 unspecified atom stereocenters. The Balaban J connectivity index is 1.93. The minimum absolute atomic E-state index is 0.239. The molecule has 1 N–H and O–H groups in total. The van der Waals surface area contributed by atoms with Gasteiger partial charge < -0.3 is 9.52 Å². The Morgan fingerprint density at radius 2 is 2.35 bits per heavy atom. The highest BCUT2D eigenvalue weighted by Crippen LogP contribution is 2.19. The van der Waals surface area contributed by atoms with Crippen molar-refractivity contribution in [2.45, 2.75) is 32.7 Å². The van der Waals surface area contributed by atoms with Crippen molar-refractivity contribution in [1.82, 2.24) is 4.90 Å². The second-order valence-corrected chi connectivity index (χ2v) is 4.92. The molecule has 1 aliphatic rings. The lowest BCUT2D eigenvalue weighted by Crippen LogP contribution is -2.23. The molecule has 0 spiro atoms. The summed E-state index contributed by atoms with van der Waals surface area (Å²) >= 11 is 0. The maximum absolute atomic E-state index is 10.7. The van der Waals surface area contributed by atoms with Gasteiger partial charge in [0.25, 0.3) is 0 Å². The fourth-order valence-corrected chi connectivity index (χ4v) is 2.28. The summed E-state index contributed by atoms with van der Waals surface area (Å²) in [5, 5.41) is 8.81. The van der Waals surface area contributed by atoms with Crippen LogP contribution in [-0.4, -0.2) is 29.1 Å². The summed E-state index contributed by atoms with van der Waals surface area (Å²) in [4.78, 5) is 13.1. The Bertz CT molecular complexity index is 386. The van der Waals surface area contributed by atoms with E-state index in [2.05, 4.69) is 11.8 Å². The quantitative estimate of drug-likeness (QED) is 0.878. The van der Waals surface area contributed by atoms with Crippen molar-refractivity contribution in [2.75, 3.05) is 13.1 Å². The molecule has 0 aromatic carbocycles. The van der Waals surface area contributed by atoms with Gasteiger partial charge in [-0.05, 0) is 44.3 Å². The van der Waals surface area contributed by atoms with Crippen LogP contribution in [0.15, 0.2) is 16.7 Å². The fourth-order valence-electron chi connectivity index (χ4n) is 2.28. The number of furan rings is 1. The van der Waals surface area contributed by atoms with E-state index in [4.69, 9.17) is 9.52 Å². The molecule has 4 nitrogen and oxygen atoms in total. The summed E-state index contributed by atoms with van der Waals surface area (Å²) in [6.45, 7) is 5.16. The number of likely N-dealkylation sites (tertiary alicyclic amines) is 1. The first kappa shape index (κ1) is 12.2. The zero-order valence-electron chi connectivity index (χ0n) is 10.2. The zero-order chi connectivity index (χ0) is 12.3. The van der Waals surface area contributed by atoms with E-state index in [0.717, 1.165) is 31.3 Å². The summed E-state index contributed by atoms with van der Waals surface area (Å²) in [5.41, 5.74) is 0.239. The molecule has 4 heteroatoms. The van der Waals surface area contributed by atoms with Crippen molar-refractivity contribution in [3.05, 3.63) is 23.7 Å². The number of aromatic carboxylic acids is 1. The van der Waals surface area contributed by atoms with E-state index in [1.54, 1.807) is 6.07 Å². The molecule has 1 fully saturated rings. The van der Waals surface area contributed by atoms with E-state index in [-0.39, 0.29) is 5.56 Å². The Hall–Kier alpha value is -1.29. The Morgan fingerprint density at radius 3 is 3.06 bits per heavy atom. The van der Waals surface area contributed by atoms with Crippen LogP contribution in [0.1, 0.15) is 42.3 Å². The molecule has 1 aromatic heterocycles. The van der Waals surface area contributed by atoms with Crippen LogP contribution in [0.3, 0.4) is 0 Å². The Kier molecular flexibility index (Phi) is 3.84. The average molecular weight is 237 g/mol. The molecule has 0 radical (unpaired) electrons. The van der Waals surface area contributed by atoms with E-state index in [0.29, 0.717) is 0 Å². The molecule has 1 aliphatic heterocycles. The van der Waals surface area contributed by atoms with E-state index in [9.17, 15) is 4.79 Å². The van der Waals surface area contributed by atoms with Crippen LogP contribution in [0.4, 0.5) is 0 Å². The molecular weight excluding hydrogens is 218 g/mol. The average Bonchev–Trinajstić information content (AvgIpc) is 2.65. The van der Waals surface area contributed by atoms with Crippen LogP contribution in [0.25, 0.3) is 0 Å². The minimum atomic E-state index is -0.926. The second kappa shape index (κ2) is 5.36. The van der Waals surface area contributed by atoms with Crippen molar-refractivity contribution in [1.29, 1.82) is 0 Å². The van der Waals surface area contributed by atoms with Gasteiger partial charge in [-0.3, -0.25) is 4.90 Å². The van der Waals surface area contributed by atoms with E-state index in [1.165, 1.54) is 25.5 Å². The standard InChI is InChI=1S/C13H19NO3/c1-10-3-2-5-14(6-4-10)8-12-7-11(9-17-12)13(15)16/h7,9-10H,2-6,8H2,1H3,(H,15,16). The number of carbonyl (C=O) groups is 1. The molecule has 94 valence electrons. The number of rotatable bonds is 3. The summed E-state index contributed by atoms with van der Waals surface area (Å²) in [5.74, 6) is 0.618. The van der Waals surface area contributed by atoms with Crippen LogP contribution in [0.2, 0.25) is 0 Å². The highest BCUT2D eigenvalue weighted by atomic mass is 16.4. The van der Waals surface area contributed by atoms with Gasteiger partial charge >= 0.3 is 5.97 Å². The number of carboxylic acid groups (broad SMARTS) is 1. The molecular formula is C13H19NO3. The SMILES string of the molecule is CC1CCCN(Cc2cc(C(=O)O)co2)CC1. The van der Waals surface area contributed by atoms with E-state index < -0.39 is 5.97 Å². The number of hydrogen-bond donors (Lipinski definition) is 1. The molecule has 17 heavy (non-hydrogen) atoms. The Morgan fingerprint density at radius 1 is 1.53 bits per heavy atom. The van der Waals surface area contributed by atoms with Crippen LogP contribution in [0, 0.1) is 5.92 Å². The first-order valence-electron chi connectivity index (χ1n) is 6.18. The van der Waals surface area contributed by atoms with Gasteiger partial charge in [-0.25, -0.2) is 4.79 Å². The minimum Gasteiger partial charge on any atom is -0.478 e. The lowest BCUT2D eigenvalue weighted by atomic mass is 10.0. The predicted octanol–water partition coefficient (Wildman–Crippen LogP) is 2.60. The van der Waals surface area contributed by atoms with Gasteiger partial charge in [-0.1, -0.05) is 6.92 Å². The van der Waals surface area contributed by atoms with Crippen molar-refractivity contribution in [3.8, 4) is 0 Å². The fraction of sp³-hybridized carbons (Fsp3) is 0.615. The van der Waals surface area contributed by atoms with Gasteiger partial charge in [0.15, 0.2) is 0 Å². The smallest absolute Gasteiger partial charge is 0.338 e. The third-order valence-electron chi connectivity index (χ3n) is 3.39. The summed E-state index contributed by atoms with van der Waals surface area (Å²) in [6.07, 6.45) is 5.04. The van der Waals surface area contributed by atoms with Gasteiger partial charge in [0.05, 0.1) is 12.1 Å². The van der Waals surface area contributed by atoms with Crippen LogP contribution >= 0.6 is 0 Å². The first-order valence-corrected chi connectivity index (χ1v) is 6.18. The topological polar surface area (TPSA) is 53.7 Å². The summed E-state index contributed by atoms with van der Waals surface area (Å²) < 4.78 is 5.27. The van der Waals surface area contributed by atoms with Gasteiger partial charge in [0.1, 0.15) is 12.0 Å². The van der Waals surface area contributed by atoms with Crippen molar-refractivity contribution in [2.24, 2.45) is 5.92 Å². The predicted molar refractivity (Wildman–Crippen MR) is 64.0 cm³/mol. The summed E-state index contributed by atoms with van der Waals surface area (Å²) in [6, 6.07) is 1.62. The molecule has 0 saturated carbocycles. The normalized spacial score (nSPS) is 22.3. The lowest BCUT2D eigenvalue weighted by molar-refractivity contribution is 0.0696. The van der Waals surface area contributed by atoms with Gasteiger partial charge in [-0.15, -0.1) is 0 Å². The number of carboxylic acids is 1. The second-order valence-electron chi connectivity index (χ2n) is 4.92. The molecule has 0 aliphatic carbocycles. The third kappa shape index (κ3) is 3.33. The molecule has 1 aromatic rings. The Labute approximate surface area is 101 Å². The highest BCUT2D eigenvalue weighted by Gasteiger charge is 2.16. The third-order valence-corrected chi connectivity index (χ3v) is 3.39. The molecule has 0 bridgehead atoms. The van der Waals surface area contributed by atoms with E-state index >= 15 is 0 Å². The molecule has 0 amide bonds. The molecule has 1 saturated heterocycles. The molecule has 2 rings (SSSR count). The maximum atomic E-state index is 10.7. The van der Waals surface area contributed by atoms with Gasteiger partial charge in [0, 0.05) is 0 Å². The highest BCUT2D eigenvalue weighted by molar-refractivity contribution is 5.87. The monoisotopic (exact) mass is 237 g/mol. The molecule has 1 atom stereocenters. The van der Waals surface area contributed by atoms with Gasteiger partial charge in [-0.2, -0.15) is 0 Å². The first-order chi connectivity index (χ1) is 8.15. The zero-order valence-corrected chi connectivity index (χ0v) is 10.2. The lowest BCUT2D eigenvalue weighted by Gasteiger charge is -2.18. The molecule has 2 heterocycles. The van der Waals surface area contributed by atoms with Crippen molar-refractivity contribution < 1.29 is 14.3 Å². The maximum Gasteiger partial charge on any atom is 0.338 e. The van der Waals surface area contributed by atoms with Crippen molar-refractivity contribution in [3.63, 3.8) is 0 Å². The number of hydrogen-bond acceptors (Lipinski definition) is 3. The van der Waals surface area contributed by atoms with Gasteiger partial charge in [0.2, 0.25) is 0 Å². The van der Waals surface area contributed by atoms with Crippen LogP contribution < -0.4 is 0 Å². The van der Waals surface area contributed by atoms with Crippen LogP contribution in [0.5, 0.6) is 0 Å².